The molecular formula is C19H20N6O. The summed E-state index contributed by atoms with van der Waals surface area (Å²) in [4.78, 5) is 20.9. The van der Waals surface area contributed by atoms with E-state index in [0.717, 1.165) is 40.7 Å². The van der Waals surface area contributed by atoms with E-state index >= 15 is 0 Å². The molecule has 0 spiro atoms. The van der Waals surface area contributed by atoms with Crippen LogP contribution in [-0.4, -0.2) is 33.5 Å². The third kappa shape index (κ3) is 2.92. The molecular weight excluding hydrogens is 328 g/mol. The number of nitrogen functional groups attached to an aromatic ring is 1. The van der Waals surface area contributed by atoms with Crippen LogP contribution in [0.1, 0.15) is 24.1 Å². The summed E-state index contributed by atoms with van der Waals surface area (Å²) >= 11 is 0. The average Bonchev–Trinajstić information content (AvgIpc) is 3.12. The molecule has 26 heavy (non-hydrogen) atoms. The first kappa shape index (κ1) is 16.3. The molecule has 2 aromatic heterocycles. The molecule has 1 amide bonds. The summed E-state index contributed by atoms with van der Waals surface area (Å²) in [5.41, 5.74) is 9.64. The Morgan fingerprint density at radius 1 is 1.38 bits per heavy atom. The number of carbonyl (C=O) groups excluding carboxylic acids is 1. The van der Waals surface area contributed by atoms with Crippen molar-refractivity contribution in [2.45, 2.75) is 19.8 Å². The summed E-state index contributed by atoms with van der Waals surface area (Å²) < 4.78 is 0. The number of rotatable bonds is 2. The van der Waals surface area contributed by atoms with E-state index in [1.807, 2.05) is 37.3 Å². The highest BCUT2D eigenvalue weighted by atomic mass is 16.1. The molecule has 0 fully saturated rings. The Kier molecular flexibility index (Phi) is 4.12. The number of carbonyl (C=O) groups is 1. The smallest absolute Gasteiger partial charge is 0.232 e. The van der Waals surface area contributed by atoms with Gasteiger partial charge in [0.15, 0.2) is 0 Å². The topological polar surface area (TPSA) is 109 Å². The molecule has 1 aliphatic heterocycles. The average molecular weight is 348 g/mol. The molecule has 0 saturated heterocycles. The van der Waals surface area contributed by atoms with E-state index in [0.29, 0.717) is 18.1 Å². The number of hydrogen-bond donors (Lipinski definition) is 3. The number of pyridine rings is 1. The molecule has 7 heteroatoms. The summed E-state index contributed by atoms with van der Waals surface area (Å²) in [6.07, 6.45) is 13.0. The molecule has 0 aromatic carbocycles. The van der Waals surface area contributed by atoms with E-state index < -0.39 is 0 Å². The van der Waals surface area contributed by atoms with Gasteiger partial charge < -0.3 is 11.1 Å². The maximum absolute atomic E-state index is 12.4. The minimum absolute atomic E-state index is 0.0478. The Morgan fingerprint density at radius 2 is 2.27 bits per heavy atom. The van der Waals surface area contributed by atoms with Crippen LogP contribution in [0.4, 0.5) is 5.82 Å². The Hall–Kier alpha value is -3.22. The van der Waals surface area contributed by atoms with Crippen molar-refractivity contribution in [3.8, 4) is 0 Å². The standard InChI is InChI=1S/C19H20N6O/c1-11-10-22-18(20)15-16(11)24-25-17(15)12-5-7-13(8-6-12)19(26)23-14-4-2-3-9-21-14/h2,4-7,10,13H,3,8-9H2,1H3,(H2,20,22)(H,24,25)(H,21,23,26). The van der Waals surface area contributed by atoms with E-state index in [9.17, 15) is 4.79 Å². The van der Waals surface area contributed by atoms with Gasteiger partial charge in [0.05, 0.1) is 17.0 Å². The third-order valence-electron chi connectivity index (χ3n) is 4.62. The zero-order valence-electron chi connectivity index (χ0n) is 14.5. The summed E-state index contributed by atoms with van der Waals surface area (Å²) in [5, 5.41) is 11.1. The van der Waals surface area contributed by atoms with Crippen LogP contribution >= 0.6 is 0 Å². The fourth-order valence-corrected chi connectivity index (χ4v) is 3.19. The molecule has 7 nitrogen and oxygen atoms in total. The lowest BCUT2D eigenvalue weighted by Crippen LogP contribution is -2.35. The van der Waals surface area contributed by atoms with Gasteiger partial charge in [0, 0.05) is 12.7 Å². The fourth-order valence-electron chi connectivity index (χ4n) is 3.19. The van der Waals surface area contributed by atoms with Gasteiger partial charge in [-0.25, -0.2) is 4.98 Å². The second kappa shape index (κ2) is 6.59. The molecule has 4 N–H and O–H groups in total. The number of aryl methyl sites for hydroxylation is 1. The number of nitrogens with zero attached hydrogens (tertiary/aromatic N) is 3. The van der Waals surface area contributed by atoms with Crippen molar-refractivity contribution in [3.63, 3.8) is 0 Å². The van der Waals surface area contributed by atoms with Gasteiger partial charge in [-0.15, -0.1) is 0 Å². The van der Waals surface area contributed by atoms with Crippen LogP contribution in [0.5, 0.6) is 0 Å². The molecule has 2 aromatic rings. The van der Waals surface area contributed by atoms with Crippen LogP contribution in [0.15, 0.2) is 41.6 Å². The first-order chi connectivity index (χ1) is 12.6. The van der Waals surface area contributed by atoms with Crippen molar-refractivity contribution in [1.29, 1.82) is 0 Å². The van der Waals surface area contributed by atoms with Crippen molar-refractivity contribution in [2.75, 3.05) is 12.3 Å². The van der Waals surface area contributed by atoms with Gasteiger partial charge in [-0.3, -0.25) is 14.9 Å². The summed E-state index contributed by atoms with van der Waals surface area (Å²) in [6, 6.07) is 0. The van der Waals surface area contributed by atoms with E-state index in [-0.39, 0.29) is 11.8 Å². The molecule has 1 unspecified atom stereocenters. The van der Waals surface area contributed by atoms with Crippen LogP contribution in [0.3, 0.4) is 0 Å². The minimum Gasteiger partial charge on any atom is -0.383 e. The van der Waals surface area contributed by atoms with Crippen molar-refractivity contribution < 1.29 is 4.79 Å². The maximum atomic E-state index is 12.4. The zero-order valence-corrected chi connectivity index (χ0v) is 14.5. The summed E-state index contributed by atoms with van der Waals surface area (Å²) in [5.74, 6) is 0.820. The molecule has 2 aliphatic rings. The Balaban J connectivity index is 1.53. The maximum Gasteiger partial charge on any atom is 0.232 e. The number of hydrogen-bond acceptors (Lipinski definition) is 5. The van der Waals surface area contributed by atoms with E-state index in [1.165, 1.54) is 0 Å². The predicted octanol–water partition coefficient (Wildman–Crippen LogP) is 2.28. The Labute approximate surface area is 150 Å². The van der Waals surface area contributed by atoms with Gasteiger partial charge in [-0.2, -0.15) is 5.10 Å². The highest BCUT2D eigenvalue weighted by Gasteiger charge is 2.21. The van der Waals surface area contributed by atoms with E-state index in [4.69, 9.17) is 5.73 Å². The second-order valence-corrected chi connectivity index (χ2v) is 6.46. The zero-order chi connectivity index (χ0) is 18.1. The molecule has 3 heterocycles. The Morgan fingerprint density at radius 3 is 3.00 bits per heavy atom. The van der Waals surface area contributed by atoms with Crippen LogP contribution in [0.25, 0.3) is 16.5 Å². The predicted molar refractivity (Wildman–Crippen MR) is 102 cm³/mol. The van der Waals surface area contributed by atoms with Crippen molar-refractivity contribution in [2.24, 2.45) is 10.9 Å². The Bertz CT molecular complexity index is 995. The number of dihydropyridines is 1. The molecule has 1 atom stereocenters. The van der Waals surface area contributed by atoms with Crippen LogP contribution in [0.2, 0.25) is 0 Å². The molecule has 0 bridgehead atoms. The number of allylic oxidation sites excluding steroid dienone is 3. The number of H-pyrrole nitrogens is 1. The van der Waals surface area contributed by atoms with Gasteiger partial charge in [-0.05, 0) is 37.0 Å². The molecule has 4 rings (SSSR count). The first-order valence-corrected chi connectivity index (χ1v) is 8.63. The minimum atomic E-state index is -0.219. The van der Waals surface area contributed by atoms with Crippen molar-refractivity contribution in [3.05, 3.63) is 47.8 Å². The van der Waals surface area contributed by atoms with Gasteiger partial charge in [-0.1, -0.05) is 24.3 Å². The summed E-state index contributed by atoms with van der Waals surface area (Å²) in [7, 11) is 0. The number of amidine groups is 1. The van der Waals surface area contributed by atoms with Crippen LogP contribution in [-0.2, 0) is 4.79 Å². The number of aromatic amines is 1. The number of aromatic nitrogens is 3. The third-order valence-corrected chi connectivity index (χ3v) is 4.62. The number of nitrogens with two attached hydrogens (primary N) is 1. The molecule has 132 valence electrons. The molecule has 0 saturated carbocycles. The number of anilines is 1. The lowest BCUT2D eigenvalue weighted by molar-refractivity contribution is -0.122. The lowest BCUT2D eigenvalue weighted by atomic mass is 9.93. The number of nitrogens with one attached hydrogen (secondary N) is 2. The largest absolute Gasteiger partial charge is 0.383 e. The SMILES string of the molecule is Cc1cnc(N)c2c(C3=CCC(C(=O)NC4=NCCC=C4)C=C3)[nH]nc12. The quantitative estimate of drug-likeness (QED) is 0.773. The second-order valence-electron chi connectivity index (χ2n) is 6.46. The van der Waals surface area contributed by atoms with Gasteiger partial charge >= 0.3 is 0 Å². The molecule has 0 radical (unpaired) electrons. The van der Waals surface area contributed by atoms with E-state index in [2.05, 4.69) is 25.5 Å². The van der Waals surface area contributed by atoms with Crippen molar-refractivity contribution in [1.82, 2.24) is 20.5 Å². The monoisotopic (exact) mass is 348 g/mol. The lowest BCUT2D eigenvalue weighted by Gasteiger charge is -2.16. The van der Waals surface area contributed by atoms with E-state index in [1.54, 1.807) is 6.20 Å². The van der Waals surface area contributed by atoms with Crippen LogP contribution < -0.4 is 11.1 Å². The summed E-state index contributed by atoms with van der Waals surface area (Å²) in [6.45, 7) is 2.67. The highest BCUT2D eigenvalue weighted by molar-refractivity contribution is 6.06. The first-order valence-electron chi connectivity index (χ1n) is 8.63. The van der Waals surface area contributed by atoms with Gasteiger partial charge in [0.1, 0.15) is 17.2 Å². The van der Waals surface area contributed by atoms with Gasteiger partial charge in [0.25, 0.3) is 0 Å². The fraction of sp³-hybridized carbons (Fsp3) is 0.263. The van der Waals surface area contributed by atoms with Crippen molar-refractivity contribution >= 4 is 34.0 Å². The normalized spacial score (nSPS) is 19.3. The van der Waals surface area contributed by atoms with Gasteiger partial charge in [0.2, 0.25) is 5.91 Å². The molecule has 1 aliphatic carbocycles. The number of aliphatic imine (C=N–C) groups is 1. The number of fused-ring (bicyclic) bond motifs is 1. The highest BCUT2D eigenvalue weighted by Crippen LogP contribution is 2.31. The number of amides is 1. The van der Waals surface area contributed by atoms with Crippen LogP contribution in [0, 0.1) is 12.8 Å².